The van der Waals surface area contributed by atoms with Crippen molar-refractivity contribution in [3.05, 3.63) is 70.6 Å². The molecule has 1 amide bonds. The van der Waals surface area contributed by atoms with E-state index in [0.29, 0.717) is 23.2 Å². The van der Waals surface area contributed by atoms with Crippen molar-refractivity contribution in [1.82, 2.24) is 21.2 Å². The lowest BCUT2D eigenvalue weighted by molar-refractivity contribution is 0.0910. The van der Waals surface area contributed by atoms with E-state index >= 15 is 0 Å². The normalized spacial score (nSPS) is 25.6. The minimum atomic E-state index is -0.154. The lowest BCUT2D eigenvalue weighted by Crippen LogP contribution is -2.45. The molecule has 1 aromatic heterocycles. The molecule has 1 saturated carbocycles. The van der Waals surface area contributed by atoms with Gasteiger partial charge in [0.15, 0.2) is 0 Å². The van der Waals surface area contributed by atoms with E-state index in [1.807, 2.05) is 32.0 Å². The van der Waals surface area contributed by atoms with Crippen molar-refractivity contribution in [3.63, 3.8) is 0 Å². The van der Waals surface area contributed by atoms with Gasteiger partial charge in [0.2, 0.25) is 0 Å². The molecule has 2 fully saturated rings. The minimum Gasteiger partial charge on any atom is -0.348 e. The van der Waals surface area contributed by atoms with Gasteiger partial charge in [0, 0.05) is 24.3 Å². The van der Waals surface area contributed by atoms with Crippen molar-refractivity contribution in [1.29, 1.82) is 5.26 Å². The van der Waals surface area contributed by atoms with E-state index in [-0.39, 0.29) is 18.0 Å². The van der Waals surface area contributed by atoms with Crippen LogP contribution in [0.25, 0.3) is 6.08 Å². The van der Waals surface area contributed by atoms with Crippen LogP contribution in [0.2, 0.25) is 0 Å². The summed E-state index contributed by atoms with van der Waals surface area (Å²) in [5.74, 6) is 0.264. The first-order valence-electron chi connectivity index (χ1n) is 10.5. The van der Waals surface area contributed by atoms with Crippen LogP contribution in [0.15, 0.2) is 42.6 Å². The van der Waals surface area contributed by atoms with Gasteiger partial charge < -0.3 is 5.32 Å². The minimum absolute atomic E-state index is 0.116. The van der Waals surface area contributed by atoms with Gasteiger partial charge in [-0.3, -0.25) is 15.6 Å². The van der Waals surface area contributed by atoms with Crippen molar-refractivity contribution in [3.8, 4) is 6.07 Å². The Bertz CT molecular complexity index is 995. The third kappa shape index (κ3) is 4.13. The van der Waals surface area contributed by atoms with Gasteiger partial charge in [-0.1, -0.05) is 42.5 Å². The van der Waals surface area contributed by atoms with Crippen LogP contribution >= 0.6 is 0 Å². The van der Waals surface area contributed by atoms with Crippen LogP contribution in [0.1, 0.15) is 52.0 Å². The maximum Gasteiger partial charge on any atom is 0.270 e. The van der Waals surface area contributed by atoms with Gasteiger partial charge in [-0.25, -0.2) is 4.98 Å². The Balaban J connectivity index is 1.42. The molecule has 4 atom stereocenters. The van der Waals surface area contributed by atoms with Crippen LogP contribution in [0, 0.1) is 31.1 Å². The molecule has 1 aromatic carbocycles. The molecule has 30 heavy (non-hydrogen) atoms. The predicted octanol–water partition coefficient (Wildman–Crippen LogP) is 3.03. The van der Waals surface area contributed by atoms with Crippen LogP contribution in [0.3, 0.4) is 0 Å². The number of hydrogen-bond donors (Lipinski definition) is 3. The fourth-order valence-corrected chi connectivity index (χ4v) is 4.49. The van der Waals surface area contributed by atoms with Gasteiger partial charge >= 0.3 is 0 Å². The molecule has 2 aromatic rings. The summed E-state index contributed by atoms with van der Waals surface area (Å²) in [6, 6.07) is 13.2. The van der Waals surface area contributed by atoms with E-state index in [4.69, 9.17) is 5.26 Å². The summed E-state index contributed by atoms with van der Waals surface area (Å²) >= 11 is 0. The Labute approximate surface area is 177 Å². The lowest BCUT2D eigenvalue weighted by Gasteiger charge is -2.33. The van der Waals surface area contributed by atoms with Crippen molar-refractivity contribution < 1.29 is 4.79 Å². The summed E-state index contributed by atoms with van der Waals surface area (Å²) in [5, 5.41) is 12.3. The Kier molecular flexibility index (Phi) is 5.93. The van der Waals surface area contributed by atoms with E-state index in [1.54, 1.807) is 0 Å². The highest BCUT2D eigenvalue weighted by Gasteiger charge is 2.39. The highest BCUT2D eigenvalue weighted by Crippen LogP contribution is 2.31. The SMILES string of the molecule is Cc1c(C#N)cnc(C(=O)NC2CCC3NNC(/C=C/c4ccccc4)C3C2)c1C. The molecule has 0 radical (unpaired) electrons. The average Bonchev–Trinajstić information content (AvgIpc) is 3.17. The maximum atomic E-state index is 12.9. The van der Waals surface area contributed by atoms with Crippen molar-refractivity contribution in [2.24, 2.45) is 5.92 Å². The number of hydrazine groups is 1. The number of aromatic nitrogens is 1. The molecule has 2 aliphatic rings. The fraction of sp³-hybridized carbons (Fsp3) is 0.375. The Morgan fingerprint density at radius 1 is 1.20 bits per heavy atom. The molecule has 0 bridgehead atoms. The summed E-state index contributed by atoms with van der Waals surface area (Å²) in [6.45, 7) is 3.71. The van der Waals surface area contributed by atoms with Crippen molar-refractivity contribution in [2.75, 3.05) is 0 Å². The van der Waals surface area contributed by atoms with E-state index in [0.717, 1.165) is 30.4 Å². The monoisotopic (exact) mass is 401 g/mol. The molecule has 1 aliphatic carbocycles. The number of nitrogens with zero attached hydrogens (tertiary/aromatic N) is 2. The molecule has 4 rings (SSSR count). The van der Waals surface area contributed by atoms with Gasteiger partial charge in [-0.15, -0.1) is 0 Å². The van der Waals surface area contributed by atoms with E-state index in [2.05, 4.69) is 51.5 Å². The summed E-state index contributed by atoms with van der Waals surface area (Å²) in [5.41, 5.74) is 10.5. The molecule has 1 aliphatic heterocycles. The highest BCUT2D eigenvalue weighted by molar-refractivity contribution is 5.94. The number of fused-ring (bicyclic) bond motifs is 1. The number of hydrogen-bond acceptors (Lipinski definition) is 5. The van der Waals surface area contributed by atoms with Gasteiger partial charge in [0.25, 0.3) is 5.91 Å². The molecular formula is C24H27N5O. The number of pyridine rings is 1. The zero-order valence-corrected chi connectivity index (χ0v) is 17.4. The number of rotatable bonds is 4. The number of carbonyl (C=O) groups excluding carboxylic acids is 1. The first kappa shape index (κ1) is 20.3. The number of benzene rings is 1. The second-order valence-corrected chi connectivity index (χ2v) is 8.22. The quantitative estimate of drug-likeness (QED) is 0.733. The maximum absolute atomic E-state index is 12.9. The van der Waals surface area contributed by atoms with Gasteiger partial charge in [-0.2, -0.15) is 5.26 Å². The number of nitrogens with one attached hydrogen (secondary N) is 3. The smallest absolute Gasteiger partial charge is 0.270 e. The number of nitriles is 1. The first-order valence-corrected chi connectivity index (χ1v) is 10.5. The molecule has 0 spiro atoms. The Morgan fingerprint density at radius 3 is 2.77 bits per heavy atom. The zero-order valence-electron chi connectivity index (χ0n) is 17.4. The summed E-state index contributed by atoms with van der Waals surface area (Å²) in [6.07, 6.45) is 8.71. The predicted molar refractivity (Wildman–Crippen MR) is 116 cm³/mol. The molecule has 4 unspecified atom stereocenters. The standard InChI is InChI=1S/C24H27N5O/c1-15-16(2)23(26-14-18(15)13-25)24(30)27-19-9-11-22-20(12-19)21(28-29-22)10-8-17-6-4-3-5-7-17/h3-8,10,14,19-22,28-29H,9,11-12H2,1-2H3,(H,27,30)/b10-8+. The van der Waals surface area contributed by atoms with Crippen LogP contribution in [-0.4, -0.2) is 29.0 Å². The molecule has 154 valence electrons. The first-order chi connectivity index (χ1) is 14.6. The van der Waals surface area contributed by atoms with Crippen LogP contribution in [0.4, 0.5) is 0 Å². The van der Waals surface area contributed by atoms with Crippen LogP contribution < -0.4 is 16.2 Å². The molecule has 3 N–H and O–H groups in total. The number of carbonyl (C=O) groups is 1. The topological polar surface area (TPSA) is 89.8 Å². The average molecular weight is 402 g/mol. The van der Waals surface area contributed by atoms with Gasteiger partial charge in [0.05, 0.1) is 5.56 Å². The Hall–Kier alpha value is -3.01. The lowest BCUT2D eigenvalue weighted by atomic mass is 9.79. The third-order valence-electron chi connectivity index (χ3n) is 6.41. The molecule has 1 saturated heterocycles. The summed E-state index contributed by atoms with van der Waals surface area (Å²) in [7, 11) is 0. The zero-order chi connectivity index (χ0) is 21.1. The van der Waals surface area contributed by atoms with E-state index in [9.17, 15) is 4.79 Å². The highest BCUT2D eigenvalue weighted by atomic mass is 16.1. The second kappa shape index (κ2) is 8.78. The third-order valence-corrected chi connectivity index (χ3v) is 6.41. The molecule has 6 heteroatoms. The number of amides is 1. The van der Waals surface area contributed by atoms with Crippen LogP contribution in [-0.2, 0) is 0 Å². The van der Waals surface area contributed by atoms with Gasteiger partial charge in [0.1, 0.15) is 11.8 Å². The van der Waals surface area contributed by atoms with Gasteiger partial charge in [-0.05, 0) is 55.7 Å². The van der Waals surface area contributed by atoms with E-state index < -0.39 is 0 Å². The fourth-order valence-electron chi connectivity index (χ4n) is 4.49. The van der Waals surface area contributed by atoms with E-state index in [1.165, 1.54) is 11.8 Å². The largest absolute Gasteiger partial charge is 0.348 e. The van der Waals surface area contributed by atoms with Crippen LogP contribution in [0.5, 0.6) is 0 Å². The summed E-state index contributed by atoms with van der Waals surface area (Å²) in [4.78, 5) is 17.1. The van der Waals surface area contributed by atoms with Crippen molar-refractivity contribution in [2.45, 2.75) is 51.2 Å². The molecule has 6 nitrogen and oxygen atoms in total. The molecular weight excluding hydrogens is 374 g/mol. The second-order valence-electron chi connectivity index (χ2n) is 8.22. The Morgan fingerprint density at radius 2 is 2.00 bits per heavy atom. The summed E-state index contributed by atoms with van der Waals surface area (Å²) < 4.78 is 0. The van der Waals surface area contributed by atoms with Crippen molar-refractivity contribution >= 4 is 12.0 Å². The molecule has 2 heterocycles.